The van der Waals surface area contributed by atoms with Crippen LogP contribution in [0.1, 0.15) is 24.0 Å². The lowest BCUT2D eigenvalue weighted by Crippen LogP contribution is -2.33. The first kappa shape index (κ1) is 16.1. The highest BCUT2D eigenvalue weighted by molar-refractivity contribution is 7.88. The Hall–Kier alpha value is -1.79. The zero-order valence-electron chi connectivity index (χ0n) is 12.5. The second-order valence-electron chi connectivity index (χ2n) is 5.79. The lowest BCUT2D eigenvalue weighted by Gasteiger charge is -2.22. The van der Waals surface area contributed by atoms with Gasteiger partial charge in [-0.25, -0.2) is 17.2 Å². The molecule has 2 aromatic carbocycles. The summed E-state index contributed by atoms with van der Waals surface area (Å²) in [6.07, 6.45) is 1.67. The van der Waals surface area contributed by atoms with Crippen LogP contribution in [0.15, 0.2) is 48.5 Å². The number of benzene rings is 2. The van der Waals surface area contributed by atoms with E-state index in [9.17, 15) is 17.2 Å². The van der Waals surface area contributed by atoms with E-state index in [-0.39, 0.29) is 24.2 Å². The normalized spacial score (nSPS) is 15.1. The third kappa shape index (κ3) is 4.14. The Morgan fingerprint density at radius 2 is 1.35 bits per heavy atom. The number of rotatable bonds is 6. The molecule has 3 nitrogen and oxygen atoms in total. The fourth-order valence-corrected chi connectivity index (χ4v) is 4.25. The maximum Gasteiger partial charge on any atom is 0.218 e. The first-order chi connectivity index (χ1) is 10.9. The van der Waals surface area contributed by atoms with E-state index in [4.69, 9.17) is 0 Å². The molecule has 23 heavy (non-hydrogen) atoms. The average molecular weight is 337 g/mol. The van der Waals surface area contributed by atoms with Crippen LogP contribution in [-0.4, -0.2) is 18.8 Å². The topological polar surface area (TPSA) is 37.4 Å². The predicted molar refractivity (Wildman–Crippen MR) is 84.0 cm³/mol. The monoisotopic (exact) mass is 337 g/mol. The number of hydrogen-bond donors (Lipinski definition) is 0. The largest absolute Gasteiger partial charge is 0.218 e. The molecule has 1 aliphatic carbocycles. The van der Waals surface area contributed by atoms with Crippen molar-refractivity contribution in [2.24, 2.45) is 0 Å². The van der Waals surface area contributed by atoms with Gasteiger partial charge in [-0.05, 0) is 48.2 Å². The molecule has 1 fully saturated rings. The van der Waals surface area contributed by atoms with E-state index in [0.29, 0.717) is 5.56 Å². The van der Waals surface area contributed by atoms with Crippen molar-refractivity contribution in [1.29, 1.82) is 0 Å². The molecule has 0 unspecified atom stereocenters. The van der Waals surface area contributed by atoms with E-state index in [2.05, 4.69) is 0 Å². The minimum atomic E-state index is -3.52. The molecule has 0 radical (unpaired) electrons. The minimum absolute atomic E-state index is 0.00509. The molecule has 0 amide bonds. The van der Waals surface area contributed by atoms with Crippen LogP contribution in [0.25, 0.3) is 0 Å². The zero-order valence-corrected chi connectivity index (χ0v) is 13.3. The summed E-state index contributed by atoms with van der Waals surface area (Å²) in [6.45, 7) is 0.231. The summed E-state index contributed by atoms with van der Waals surface area (Å²) in [4.78, 5) is 0. The molecular formula is C17H17F2NO2S. The molecular weight excluding hydrogens is 320 g/mol. The molecule has 1 saturated carbocycles. The molecule has 1 aliphatic rings. The molecule has 0 N–H and O–H groups in total. The van der Waals surface area contributed by atoms with Crippen LogP contribution in [0.3, 0.4) is 0 Å². The van der Waals surface area contributed by atoms with Crippen LogP contribution in [0, 0.1) is 11.6 Å². The van der Waals surface area contributed by atoms with Crippen molar-refractivity contribution in [1.82, 2.24) is 4.31 Å². The van der Waals surface area contributed by atoms with Gasteiger partial charge in [-0.3, -0.25) is 0 Å². The molecule has 3 rings (SSSR count). The molecule has 0 bridgehead atoms. The highest BCUT2D eigenvalue weighted by Crippen LogP contribution is 2.32. The smallest absolute Gasteiger partial charge is 0.212 e. The summed E-state index contributed by atoms with van der Waals surface area (Å²) >= 11 is 0. The summed E-state index contributed by atoms with van der Waals surface area (Å²) in [5, 5.41) is 0. The van der Waals surface area contributed by atoms with Crippen molar-refractivity contribution in [3.8, 4) is 0 Å². The first-order valence-electron chi connectivity index (χ1n) is 7.42. The van der Waals surface area contributed by atoms with E-state index in [1.807, 2.05) is 0 Å². The van der Waals surface area contributed by atoms with Gasteiger partial charge in [0.25, 0.3) is 0 Å². The number of hydrogen-bond acceptors (Lipinski definition) is 2. The maximum absolute atomic E-state index is 13.0. The van der Waals surface area contributed by atoms with Gasteiger partial charge in [-0.15, -0.1) is 0 Å². The second kappa shape index (κ2) is 6.37. The summed E-state index contributed by atoms with van der Waals surface area (Å²) in [5.41, 5.74) is 1.30. The average Bonchev–Trinajstić information content (AvgIpc) is 3.33. The Morgan fingerprint density at radius 3 is 1.83 bits per heavy atom. The van der Waals surface area contributed by atoms with Crippen LogP contribution in [0.2, 0.25) is 0 Å². The lowest BCUT2D eigenvalue weighted by molar-refractivity contribution is 0.398. The third-order valence-electron chi connectivity index (χ3n) is 3.83. The molecule has 122 valence electrons. The fraction of sp³-hybridized carbons (Fsp3) is 0.294. The Balaban J connectivity index is 1.79. The molecule has 2 aromatic rings. The SMILES string of the molecule is O=S(=O)(Cc1ccc(F)cc1)N(Cc1ccc(F)cc1)C1CC1. The van der Waals surface area contributed by atoms with E-state index in [1.165, 1.54) is 40.7 Å². The van der Waals surface area contributed by atoms with Gasteiger partial charge >= 0.3 is 0 Å². The molecule has 0 atom stereocenters. The van der Waals surface area contributed by atoms with Crippen LogP contribution in [0.4, 0.5) is 8.78 Å². The van der Waals surface area contributed by atoms with Gasteiger partial charge in [0.05, 0.1) is 5.75 Å². The Morgan fingerprint density at radius 1 is 0.870 bits per heavy atom. The number of sulfonamides is 1. The molecule has 0 saturated heterocycles. The van der Waals surface area contributed by atoms with Crippen molar-refractivity contribution < 1.29 is 17.2 Å². The van der Waals surface area contributed by atoms with Crippen LogP contribution >= 0.6 is 0 Å². The number of nitrogens with zero attached hydrogens (tertiary/aromatic N) is 1. The van der Waals surface area contributed by atoms with Gasteiger partial charge in [-0.1, -0.05) is 24.3 Å². The zero-order chi connectivity index (χ0) is 16.4. The molecule has 0 heterocycles. The van der Waals surface area contributed by atoms with E-state index < -0.39 is 15.8 Å². The maximum atomic E-state index is 13.0. The minimum Gasteiger partial charge on any atom is -0.212 e. The summed E-state index contributed by atoms with van der Waals surface area (Å²) < 4.78 is 52.8. The Labute approximate surface area is 134 Å². The van der Waals surface area contributed by atoms with Gasteiger partial charge < -0.3 is 0 Å². The van der Waals surface area contributed by atoms with Gasteiger partial charge in [0.15, 0.2) is 0 Å². The lowest BCUT2D eigenvalue weighted by atomic mass is 10.2. The van der Waals surface area contributed by atoms with Gasteiger partial charge in [0.1, 0.15) is 11.6 Å². The molecule has 0 aliphatic heterocycles. The Kier molecular flexibility index (Phi) is 4.46. The Bertz CT molecular complexity index is 769. The van der Waals surface area contributed by atoms with Crippen LogP contribution in [-0.2, 0) is 22.3 Å². The molecule has 0 spiro atoms. The van der Waals surface area contributed by atoms with E-state index in [0.717, 1.165) is 18.4 Å². The molecule has 0 aromatic heterocycles. The van der Waals surface area contributed by atoms with Crippen molar-refractivity contribution >= 4 is 10.0 Å². The van der Waals surface area contributed by atoms with Crippen molar-refractivity contribution in [2.75, 3.05) is 0 Å². The fourth-order valence-electron chi connectivity index (χ4n) is 2.46. The van der Waals surface area contributed by atoms with Gasteiger partial charge in [0, 0.05) is 12.6 Å². The van der Waals surface area contributed by atoms with E-state index >= 15 is 0 Å². The number of halogens is 2. The molecule has 6 heteroatoms. The second-order valence-corrected chi connectivity index (χ2v) is 7.71. The summed E-state index contributed by atoms with van der Waals surface area (Å²) in [7, 11) is -3.52. The van der Waals surface area contributed by atoms with Crippen LogP contribution in [0.5, 0.6) is 0 Å². The standard InChI is InChI=1S/C17H17F2NO2S/c18-15-5-1-13(2-6-15)11-20(17-9-10-17)23(21,22)12-14-3-7-16(19)8-4-14/h1-8,17H,9-12H2. The van der Waals surface area contributed by atoms with E-state index in [1.54, 1.807) is 12.1 Å². The third-order valence-corrected chi connectivity index (χ3v) is 5.67. The van der Waals surface area contributed by atoms with Gasteiger partial charge in [0.2, 0.25) is 10.0 Å². The highest BCUT2D eigenvalue weighted by atomic mass is 32.2. The highest BCUT2D eigenvalue weighted by Gasteiger charge is 2.37. The van der Waals surface area contributed by atoms with Crippen molar-refractivity contribution in [3.63, 3.8) is 0 Å². The van der Waals surface area contributed by atoms with Gasteiger partial charge in [-0.2, -0.15) is 4.31 Å². The quantitative estimate of drug-likeness (QED) is 0.809. The van der Waals surface area contributed by atoms with Crippen molar-refractivity contribution in [3.05, 3.63) is 71.3 Å². The summed E-state index contributed by atoms with van der Waals surface area (Å²) in [5.74, 6) is -0.900. The van der Waals surface area contributed by atoms with Crippen LogP contribution < -0.4 is 0 Å². The predicted octanol–water partition coefficient (Wildman–Crippen LogP) is 3.46. The summed E-state index contributed by atoms with van der Waals surface area (Å²) in [6, 6.07) is 11.3. The first-order valence-corrected chi connectivity index (χ1v) is 9.03. The van der Waals surface area contributed by atoms with Crippen molar-refractivity contribution in [2.45, 2.75) is 31.2 Å².